The van der Waals surface area contributed by atoms with Crippen molar-refractivity contribution in [1.82, 2.24) is 5.09 Å². The third kappa shape index (κ3) is 5.43. The summed E-state index contributed by atoms with van der Waals surface area (Å²) in [5.41, 5.74) is 0. The first-order valence-corrected chi connectivity index (χ1v) is 7.59. The average molecular weight is 281 g/mol. The number of para-hydroxylation sites is 1. The number of hydrogen-bond acceptors (Lipinski definition) is 3. The predicted molar refractivity (Wildman–Crippen MR) is 78.2 cm³/mol. The Morgan fingerprint density at radius 3 is 2.37 bits per heavy atom. The number of hydrogen-bond donors (Lipinski definition) is 1. The SMILES string of the molecule is C=C[C@H](C)NP(=O)(Oc1ccccc1)O[C@@H](C)C=C. The van der Waals surface area contributed by atoms with Gasteiger partial charge in [0, 0.05) is 6.04 Å². The quantitative estimate of drug-likeness (QED) is 0.579. The number of nitrogens with one attached hydrogen (secondary N) is 1. The molecule has 0 heterocycles. The molecule has 0 aliphatic carbocycles. The van der Waals surface area contributed by atoms with Crippen LogP contribution in [0.2, 0.25) is 0 Å². The Bertz CT molecular complexity index is 441. The van der Waals surface area contributed by atoms with E-state index in [0.717, 1.165) is 0 Å². The molecule has 0 radical (unpaired) electrons. The molecule has 19 heavy (non-hydrogen) atoms. The fourth-order valence-electron chi connectivity index (χ4n) is 1.26. The van der Waals surface area contributed by atoms with E-state index in [0.29, 0.717) is 5.75 Å². The van der Waals surface area contributed by atoms with E-state index < -0.39 is 7.75 Å². The third-order valence-corrected chi connectivity index (χ3v) is 4.11. The van der Waals surface area contributed by atoms with Crippen LogP contribution in [0.15, 0.2) is 55.6 Å². The van der Waals surface area contributed by atoms with E-state index in [1.54, 1.807) is 43.3 Å². The molecule has 4 nitrogen and oxygen atoms in total. The molecule has 5 heteroatoms. The topological polar surface area (TPSA) is 47.6 Å². The van der Waals surface area contributed by atoms with Gasteiger partial charge in [0.25, 0.3) is 0 Å². The number of rotatable bonds is 8. The maximum absolute atomic E-state index is 12.7. The second kappa shape index (κ2) is 7.29. The van der Waals surface area contributed by atoms with Gasteiger partial charge in [-0.2, -0.15) is 0 Å². The van der Waals surface area contributed by atoms with Gasteiger partial charge in [0.1, 0.15) is 5.75 Å². The molecule has 0 bridgehead atoms. The monoisotopic (exact) mass is 281 g/mol. The molecule has 0 amide bonds. The minimum atomic E-state index is -3.48. The molecule has 3 atom stereocenters. The summed E-state index contributed by atoms with van der Waals surface area (Å²) in [5.74, 6) is 0.478. The van der Waals surface area contributed by atoms with Crippen LogP contribution in [0.3, 0.4) is 0 Å². The van der Waals surface area contributed by atoms with Crippen LogP contribution < -0.4 is 9.61 Å². The second-order valence-electron chi connectivity index (χ2n) is 4.10. The molecular formula is C14H20NO3P. The fourth-order valence-corrected chi connectivity index (χ4v) is 2.95. The highest BCUT2D eigenvalue weighted by molar-refractivity contribution is 7.52. The lowest BCUT2D eigenvalue weighted by molar-refractivity contribution is 0.220. The van der Waals surface area contributed by atoms with Gasteiger partial charge in [0.05, 0.1) is 6.10 Å². The van der Waals surface area contributed by atoms with E-state index in [1.165, 1.54) is 0 Å². The Labute approximate surface area is 114 Å². The van der Waals surface area contributed by atoms with Crippen LogP contribution >= 0.6 is 7.75 Å². The van der Waals surface area contributed by atoms with Crippen molar-refractivity contribution in [1.29, 1.82) is 0 Å². The van der Waals surface area contributed by atoms with Crippen LogP contribution in [0.1, 0.15) is 13.8 Å². The lowest BCUT2D eigenvalue weighted by atomic mass is 10.3. The van der Waals surface area contributed by atoms with Gasteiger partial charge in [-0.05, 0) is 26.0 Å². The third-order valence-electron chi connectivity index (χ3n) is 2.32. The Hall–Kier alpha value is -1.35. The molecule has 104 valence electrons. The summed E-state index contributed by atoms with van der Waals surface area (Å²) in [4.78, 5) is 0. The molecule has 1 aromatic carbocycles. The second-order valence-corrected chi connectivity index (χ2v) is 5.75. The highest BCUT2D eigenvalue weighted by atomic mass is 31.2. The Morgan fingerprint density at radius 1 is 1.21 bits per heavy atom. The van der Waals surface area contributed by atoms with Crippen molar-refractivity contribution in [2.45, 2.75) is 26.0 Å². The zero-order chi connectivity index (χ0) is 14.3. The van der Waals surface area contributed by atoms with Crippen LogP contribution in [0.5, 0.6) is 5.75 Å². The molecule has 0 fully saturated rings. The van der Waals surface area contributed by atoms with Gasteiger partial charge in [0.15, 0.2) is 0 Å². The van der Waals surface area contributed by atoms with Crippen molar-refractivity contribution in [3.63, 3.8) is 0 Å². The maximum Gasteiger partial charge on any atom is 0.459 e. The van der Waals surface area contributed by atoms with Crippen LogP contribution in [-0.2, 0) is 9.09 Å². The van der Waals surface area contributed by atoms with E-state index in [-0.39, 0.29) is 12.1 Å². The Kier molecular flexibility index (Phi) is 6.03. The van der Waals surface area contributed by atoms with Crippen molar-refractivity contribution in [2.24, 2.45) is 0 Å². The molecule has 1 N–H and O–H groups in total. The van der Waals surface area contributed by atoms with Gasteiger partial charge in [-0.3, -0.25) is 4.52 Å². The summed E-state index contributed by atoms with van der Waals surface area (Å²) in [7, 11) is -3.48. The summed E-state index contributed by atoms with van der Waals surface area (Å²) in [6.07, 6.45) is 2.79. The summed E-state index contributed by atoms with van der Waals surface area (Å²) in [6.45, 7) is 10.8. The standard InChI is InChI=1S/C14H20NO3P/c1-5-12(3)15-19(16,17-13(4)6-2)18-14-10-8-7-9-11-14/h5-13H,1-2H2,3-4H3,(H,15,16)/t12-,13-,19?/m0/s1. The Morgan fingerprint density at radius 2 is 1.84 bits per heavy atom. The first-order valence-electron chi connectivity index (χ1n) is 6.05. The molecule has 1 rings (SSSR count). The lowest BCUT2D eigenvalue weighted by Gasteiger charge is -2.23. The van der Waals surface area contributed by atoms with Crippen molar-refractivity contribution in [3.8, 4) is 5.75 Å². The normalized spacial score (nSPS) is 16.9. The lowest BCUT2D eigenvalue weighted by Crippen LogP contribution is -2.26. The smallest absolute Gasteiger partial charge is 0.413 e. The van der Waals surface area contributed by atoms with Crippen molar-refractivity contribution >= 4 is 7.75 Å². The minimum Gasteiger partial charge on any atom is -0.413 e. The van der Waals surface area contributed by atoms with Gasteiger partial charge in [-0.15, -0.1) is 13.2 Å². The zero-order valence-corrected chi connectivity index (χ0v) is 12.2. The molecule has 1 unspecified atom stereocenters. The van der Waals surface area contributed by atoms with Gasteiger partial charge >= 0.3 is 7.75 Å². The van der Waals surface area contributed by atoms with Crippen molar-refractivity contribution in [2.75, 3.05) is 0 Å². The van der Waals surface area contributed by atoms with Gasteiger partial charge in [-0.1, -0.05) is 30.4 Å². The molecular weight excluding hydrogens is 261 g/mol. The summed E-state index contributed by atoms with van der Waals surface area (Å²) < 4.78 is 23.6. The van der Waals surface area contributed by atoms with Crippen LogP contribution in [0.25, 0.3) is 0 Å². The predicted octanol–water partition coefficient (Wildman–Crippen LogP) is 3.93. The van der Waals surface area contributed by atoms with Gasteiger partial charge in [-0.25, -0.2) is 9.65 Å². The first-order chi connectivity index (χ1) is 8.99. The average Bonchev–Trinajstić information content (AvgIpc) is 2.39. The maximum atomic E-state index is 12.7. The molecule has 0 spiro atoms. The van der Waals surface area contributed by atoms with Crippen molar-refractivity contribution < 1.29 is 13.6 Å². The Balaban J connectivity index is 2.88. The summed E-state index contributed by atoms with van der Waals surface area (Å²) >= 11 is 0. The van der Waals surface area contributed by atoms with E-state index >= 15 is 0 Å². The fraction of sp³-hybridized carbons (Fsp3) is 0.286. The minimum absolute atomic E-state index is 0.202. The highest BCUT2D eigenvalue weighted by Gasteiger charge is 2.29. The molecule has 0 saturated carbocycles. The van der Waals surface area contributed by atoms with Gasteiger partial charge in [0.2, 0.25) is 0 Å². The number of benzene rings is 1. The molecule has 0 aromatic heterocycles. The van der Waals surface area contributed by atoms with E-state index in [1.807, 2.05) is 13.0 Å². The molecule has 0 aliphatic rings. The van der Waals surface area contributed by atoms with Crippen LogP contribution in [-0.4, -0.2) is 12.1 Å². The zero-order valence-electron chi connectivity index (χ0n) is 11.3. The molecule has 0 aliphatic heterocycles. The molecule has 1 aromatic rings. The van der Waals surface area contributed by atoms with Crippen molar-refractivity contribution in [3.05, 3.63) is 55.6 Å². The highest BCUT2D eigenvalue weighted by Crippen LogP contribution is 2.46. The van der Waals surface area contributed by atoms with E-state index in [9.17, 15) is 4.57 Å². The van der Waals surface area contributed by atoms with Crippen LogP contribution in [0, 0.1) is 0 Å². The molecule has 0 saturated heterocycles. The van der Waals surface area contributed by atoms with Gasteiger partial charge < -0.3 is 4.52 Å². The van der Waals surface area contributed by atoms with E-state index in [4.69, 9.17) is 9.05 Å². The van der Waals surface area contributed by atoms with E-state index in [2.05, 4.69) is 18.2 Å². The summed E-state index contributed by atoms with van der Waals surface area (Å²) in [5, 5.41) is 2.80. The largest absolute Gasteiger partial charge is 0.459 e. The summed E-state index contributed by atoms with van der Waals surface area (Å²) in [6, 6.07) is 8.68. The first kappa shape index (κ1) is 15.7. The van der Waals surface area contributed by atoms with Crippen LogP contribution in [0.4, 0.5) is 0 Å².